The van der Waals surface area contributed by atoms with Crippen LogP contribution in [0.4, 0.5) is 8.78 Å². The molecule has 10 heteroatoms. The number of phenolic OH excluding ortho intramolecular Hbond substituents is 1. The number of benzene rings is 1. The number of aromatic hydroxyl groups is 1. The lowest BCUT2D eigenvalue weighted by atomic mass is 9.61. The van der Waals surface area contributed by atoms with Crippen molar-refractivity contribution in [3.8, 4) is 5.75 Å². The number of rotatable bonds is 6. The Balaban J connectivity index is 1.81. The van der Waals surface area contributed by atoms with E-state index in [1.165, 1.54) is 0 Å². The topological polar surface area (TPSA) is 150 Å². The van der Waals surface area contributed by atoms with Crippen LogP contribution in [-0.4, -0.2) is 45.8 Å². The molecule has 3 aliphatic rings. The van der Waals surface area contributed by atoms with Crippen molar-refractivity contribution in [1.82, 2.24) is 5.32 Å². The number of primary amides is 1. The van der Waals surface area contributed by atoms with Crippen molar-refractivity contribution >= 4 is 23.2 Å². The molecule has 34 heavy (non-hydrogen) atoms. The average molecular weight is 476 g/mol. The van der Waals surface area contributed by atoms with Crippen molar-refractivity contribution in [3.63, 3.8) is 0 Å². The predicted molar refractivity (Wildman–Crippen MR) is 117 cm³/mol. The van der Waals surface area contributed by atoms with Crippen molar-refractivity contribution in [2.75, 3.05) is 6.54 Å². The number of Topliss-reactive ketones (excluding diaryl/α,β-unsaturated/α-hetero) is 2. The number of fused-ring (bicyclic) bond motifs is 3. The maximum Gasteiger partial charge on any atom is 0.255 e. The first kappa shape index (κ1) is 23.9. The predicted octanol–water partition coefficient (Wildman–Crippen LogP) is 2.23. The first-order chi connectivity index (χ1) is 16.1. The summed E-state index contributed by atoms with van der Waals surface area (Å²) in [7, 11) is 0. The van der Waals surface area contributed by atoms with Gasteiger partial charge in [-0.2, -0.15) is 0 Å². The average Bonchev–Trinajstić information content (AvgIpc) is 2.74. The quantitative estimate of drug-likeness (QED) is 0.395. The van der Waals surface area contributed by atoms with Gasteiger partial charge in [-0.1, -0.05) is 13.0 Å². The molecule has 3 unspecified atom stereocenters. The second-order valence-electron chi connectivity index (χ2n) is 9.03. The van der Waals surface area contributed by atoms with Crippen LogP contribution in [0.15, 0.2) is 23.0 Å². The summed E-state index contributed by atoms with van der Waals surface area (Å²) in [5.41, 5.74) is 6.52. The number of carbonyl (C=O) groups excluding carboxylic acids is 3. The van der Waals surface area contributed by atoms with Gasteiger partial charge < -0.3 is 26.4 Å². The molecule has 0 saturated heterocycles. The normalized spacial score (nSPS) is 24.3. The number of carbonyl (C=O) groups is 3. The second-order valence-corrected chi connectivity index (χ2v) is 9.03. The lowest BCUT2D eigenvalue weighted by Crippen LogP contribution is -2.44. The molecule has 0 heterocycles. The summed E-state index contributed by atoms with van der Waals surface area (Å²) < 4.78 is 25.1. The number of nitrogens with one attached hydrogen (secondary N) is 1. The monoisotopic (exact) mass is 476 g/mol. The lowest BCUT2D eigenvalue weighted by Gasteiger charge is -2.41. The van der Waals surface area contributed by atoms with E-state index >= 15 is 0 Å². The Kier molecular flexibility index (Phi) is 6.20. The minimum atomic E-state index is -2.57. The van der Waals surface area contributed by atoms with Gasteiger partial charge in [0.2, 0.25) is 0 Å². The summed E-state index contributed by atoms with van der Waals surface area (Å²) in [4.78, 5) is 37.5. The van der Waals surface area contributed by atoms with Crippen LogP contribution in [0.3, 0.4) is 0 Å². The Bertz CT molecular complexity index is 1160. The zero-order chi connectivity index (χ0) is 24.9. The molecule has 0 aromatic heterocycles. The highest BCUT2D eigenvalue weighted by atomic mass is 19.3. The maximum absolute atomic E-state index is 13.4. The number of amides is 1. The van der Waals surface area contributed by atoms with Gasteiger partial charge in [0, 0.05) is 24.1 Å². The summed E-state index contributed by atoms with van der Waals surface area (Å²) >= 11 is 0. The van der Waals surface area contributed by atoms with Gasteiger partial charge >= 0.3 is 0 Å². The van der Waals surface area contributed by atoms with Gasteiger partial charge in [-0.3, -0.25) is 14.4 Å². The molecule has 6 N–H and O–H groups in total. The summed E-state index contributed by atoms with van der Waals surface area (Å²) in [5.74, 6) is -5.91. The van der Waals surface area contributed by atoms with Gasteiger partial charge in [0.25, 0.3) is 12.3 Å². The molecular formula is C24H26F2N2O6. The molecule has 1 amide bonds. The van der Waals surface area contributed by atoms with Crippen molar-refractivity contribution in [3.05, 3.63) is 45.2 Å². The van der Waals surface area contributed by atoms with E-state index in [2.05, 4.69) is 5.32 Å². The Hall–Kier alpha value is -3.27. The molecule has 0 spiro atoms. The molecule has 1 aromatic carbocycles. The van der Waals surface area contributed by atoms with Crippen LogP contribution in [0.25, 0.3) is 5.76 Å². The number of aryl methyl sites for hydroxylation is 1. The third kappa shape index (κ3) is 3.75. The van der Waals surface area contributed by atoms with Crippen LogP contribution < -0.4 is 11.1 Å². The van der Waals surface area contributed by atoms with Crippen LogP contribution >= 0.6 is 0 Å². The summed E-state index contributed by atoms with van der Waals surface area (Å²) in [6.45, 7) is 1.26. The van der Waals surface area contributed by atoms with E-state index in [0.29, 0.717) is 30.4 Å². The SMILES string of the molecule is CCc1cc(CNCC(F)F)c(O)c2c1CC1CC3CC(=O)C(C(N)=O)=C(O)C3C(=O)C1=C2O. The smallest absolute Gasteiger partial charge is 0.255 e. The third-order valence-electron chi connectivity index (χ3n) is 7.05. The number of halogens is 2. The first-order valence-corrected chi connectivity index (χ1v) is 11.2. The van der Waals surface area contributed by atoms with Crippen molar-refractivity contribution in [2.45, 2.75) is 45.6 Å². The first-order valence-electron chi connectivity index (χ1n) is 11.2. The largest absolute Gasteiger partial charge is 0.511 e. The van der Waals surface area contributed by atoms with Crippen molar-refractivity contribution in [2.24, 2.45) is 23.5 Å². The molecule has 1 saturated carbocycles. The van der Waals surface area contributed by atoms with Crippen LogP contribution in [-0.2, 0) is 33.8 Å². The van der Waals surface area contributed by atoms with Crippen LogP contribution in [0, 0.1) is 17.8 Å². The van der Waals surface area contributed by atoms with E-state index in [4.69, 9.17) is 5.73 Å². The molecule has 8 nitrogen and oxygen atoms in total. The van der Waals surface area contributed by atoms with Gasteiger partial charge in [0.1, 0.15) is 22.8 Å². The Morgan fingerprint density at radius 1 is 1.21 bits per heavy atom. The Morgan fingerprint density at radius 2 is 1.91 bits per heavy atom. The van der Waals surface area contributed by atoms with Gasteiger partial charge in [-0.05, 0) is 42.2 Å². The molecule has 0 aliphatic heterocycles. The summed E-state index contributed by atoms with van der Waals surface area (Å²) in [5, 5.41) is 35.2. The molecule has 0 bridgehead atoms. The van der Waals surface area contributed by atoms with Crippen LogP contribution in [0.1, 0.15) is 42.0 Å². The molecule has 1 fully saturated rings. The van der Waals surface area contributed by atoms with Gasteiger partial charge in [-0.15, -0.1) is 0 Å². The fourth-order valence-corrected chi connectivity index (χ4v) is 5.61. The number of alkyl halides is 2. The summed E-state index contributed by atoms with van der Waals surface area (Å²) in [6, 6.07) is 1.70. The van der Waals surface area contributed by atoms with E-state index in [0.717, 1.165) is 5.56 Å². The fourth-order valence-electron chi connectivity index (χ4n) is 5.61. The van der Waals surface area contributed by atoms with E-state index in [9.17, 15) is 38.5 Å². The van der Waals surface area contributed by atoms with Gasteiger partial charge in [0.05, 0.1) is 18.0 Å². The fraction of sp³-hybridized carbons (Fsp3) is 0.458. The highest BCUT2D eigenvalue weighted by Crippen LogP contribution is 2.51. The minimum absolute atomic E-state index is 0.0218. The van der Waals surface area contributed by atoms with E-state index in [1.807, 2.05) is 6.92 Å². The van der Waals surface area contributed by atoms with Gasteiger partial charge in [-0.25, -0.2) is 8.78 Å². The Labute approximate surface area is 194 Å². The number of nitrogens with two attached hydrogens (primary N) is 1. The molecular weight excluding hydrogens is 450 g/mol. The van der Waals surface area contributed by atoms with E-state index in [1.54, 1.807) is 6.07 Å². The van der Waals surface area contributed by atoms with E-state index < -0.39 is 65.3 Å². The van der Waals surface area contributed by atoms with Crippen molar-refractivity contribution < 1.29 is 38.5 Å². The second kappa shape index (κ2) is 8.83. The zero-order valence-electron chi connectivity index (χ0n) is 18.5. The molecule has 3 atom stereocenters. The highest BCUT2D eigenvalue weighted by molar-refractivity contribution is 6.21. The number of hydrogen-bond acceptors (Lipinski definition) is 7. The standard InChI is InChI=1S/C24H26F2N2O6/c1-2-9-3-12(7-28-8-15(25)26)20(30)18-13(9)5-10-4-11-6-14(29)19(24(27)34)23(33)17(11)21(31)16(10)22(18)32/h3,10-11,15,17,28,30,32-33H,2,4-8H2,1H3,(H2,27,34). The zero-order valence-corrected chi connectivity index (χ0v) is 18.5. The number of allylic oxidation sites excluding steroid dienone is 2. The number of ketones is 2. The van der Waals surface area contributed by atoms with Gasteiger partial charge in [0.15, 0.2) is 11.6 Å². The van der Waals surface area contributed by atoms with Crippen LogP contribution in [0.5, 0.6) is 5.75 Å². The molecule has 1 aromatic rings. The number of hydrogen-bond donors (Lipinski definition) is 5. The maximum atomic E-state index is 13.4. The molecule has 0 radical (unpaired) electrons. The number of phenols is 1. The van der Waals surface area contributed by atoms with E-state index in [-0.39, 0.29) is 29.9 Å². The third-order valence-corrected chi connectivity index (χ3v) is 7.05. The summed E-state index contributed by atoms with van der Waals surface area (Å²) in [6.07, 6.45) is -1.49. The Morgan fingerprint density at radius 3 is 2.53 bits per heavy atom. The highest BCUT2D eigenvalue weighted by Gasteiger charge is 2.51. The van der Waals surface area contributed by atoms with Crippen molar-refractivity contribution in [1.29, 1.82) is 0 Å². The number of aliphatic hydroxyl groups is 2. The lowest BCUT2D eigenvalue weighted by molar-refractivity contribution is -0.127. The molecule has 3 aliphatic carbocycles. The molecule has 4 rings (SSSR count). The number of aliphatic hydroxyl groups excluding tert-OH is 2. The minimum Gasteiger partial charge on any atom is -0.511 e. The van der Waals surface area contributed by atoms with Crippen LogP contribution in [0.2, 0.25) is 0 Å². The molecule has 182 valence electrons.